The van der Waals surface area contributed by atoms with Crippen LogP contribution in [0.3, 0.4) is 0 Å². The smallest absolute Gasteiger partial charge is 0.263 e. The molecule has 0 radical (unpaired) electrons. The van der Waals surface area contributed by atoms with Crippen LogP contribution >= 0.6 is 22.9 Å². The Balaban J connectivity index is 1.82. The van der Waals surface area contributed by atoms with Gasteiger partial charge in [-0.15, -0.1) is 11.3 Å². The number of hydrogen-bond donors (Lipinski definition) is 1. The van der Waals surface area contributed by atoms with Crippen molar-refractivity contribution in [2.45, 2.75) is 6.54 Å². The van der Waals surface area contributed by atoms with Crippen LogP contribution < -0.4 is 5.73 Å². The molecule has 1 amide bonds. The SMILES string of the molecule is CN(Cc1cccs1)C(=O)CO/N=C(\N)c1ccc(Cl)cc1. The highest BCUT2D eigenvalue weighted by atomic mass is 35.5. The quantitative estimate of drug-likeness (QED) is 0.500. The third kappa shape index (κ3) is 4.75. The van der Waals surface area contributed by atoms with Gasteiger partial charge < -0.3 is 15.5 Å². The van der Waals surface area contributed by atoms with E-state index in [0.29, 0.717) is 17.1 Å². The molecule has 5 nitrogen and oxygen atoms in total. The maximum atomic E-state index is 11.9. The molecule has 0 atom stereocenters. The summed E-state index contributed by atoms with van der Waals surface area (Å²) < 4.78 is 0. The topological polar surface area (TPSA) is 67.9 Å². The molecule has 22 heavy (non-hydrogen) atoms. The summed E-state index contributed by atoms with van der Waals surface area (Å²) in [6.45, 7) is 0.395. The first kappa shape index (κ1) is 16.3. The van der Waals surface area contributed by atoms with Crippen molar-refractivity contribution in [3.63, 3.8) is 0 Å². The van der Waals surface area contributed by atoms with Gasteiger partial charge >= 0.3 is 0 Å². The molecule has 2 N–H and O–H groups in total. The summed E-state index contributed by atoms with van der Waals surface area (Å²) in [4.78, 5) is 19.6. The lowest BCUT2D eigenvalue weighted by molar-refractivity contribution is -0.135. The van der Waals surface area contributed by atoms with Gasteiger partial charge in [0.15, 0.2) is 12.4 Å². The average Bonchev–Trinajstić information content (AvgIpc) is 3.00. The summed E-state index contributed by atoms with van der Waals surface area (Å²) in [7, 11) is 1.72. The van der Waals surface area contributed by atoms with Crippen LogP contribution in [0, 0.1) is 0 Å². The molecule has 0 aliphatic rings. The average molecular weight is 338 g/mol. The van der Waals surface area contributed by atoms with Gasteiger partial charge in [0.2, 0.25) is 0 Å². The Hall–Kier alpha value is -2.05. The Morgan fingerprint density at radius 2 is 2.09 bits per heavy atom. The number of likely N-dealkylation sites (N-methyl/N-ethyl adjacent to an activating group) is 1. The fourth-order valence-corrected chi connectivity index (χ4v) is 2.55. The lowest BCUT2D eigenvalue weighted by Crippen LogP contribution is -2.29. The van der Waals surface area contributed by atoms with Gasteiger partial charge in [0.05, 0.1) is 6.54 Å². The van der Waals surface area contributed by atoms with Crippen molar-refractivity contribution in [1.82, 2.24) is 4.90 Å². The van der Waals surface area contributed by atoms with Crippen molar-refractivity contribution >= 4 is 34.7 Å². The van der Waals surface area contributed by atoms with Crippen molar-refractivity contribution < 1.29 is 9.63 Å². The molecule has 0 aliphatic carbocycles. The van der Waals surface area contributed by atoms with Crippen LogP contribution in [-0.4, -0.2) is 30.3 Å². The molecule has 1 heterocycles. The predicted molar refractivity (Wildman–Crippen MR) is 88.9 cm³/mol. The molecular weight excluding hydrogens is 322 g/mol. The number of amidine groups is 1. The second-order valence-electron chi connectivity index (χ2n) is 4.59. The molecule has 116 valence electrons. The van der Waals surface area contributed by atoms with Crippen molar-refractivity contribution in [1.29, 1.82) is 0 Å². The maximum absolute atomic E-state index is 11.9. The van der Waals surface area contributed by atoms with Gasteiger partial charge in [0.25, 0.3) is 5.91 Å². The first-order valence-corrected chi connectivity index (χ1v) is 7.79. The number of nitrogens with two attached hydrogens (primary N) is 1. The Kier molecular flexibility index (Phi) is 5.80. The fourth-order valence-electron chi connectivity index (χ4n) is 1.67. The fraction of sp³-hybridized carbons (Fsp3) is 0.200. The number of thiophene rings is 1. The summed E-state index contributed by atoms with van der Waals surface area (Å²) in [6.07, 6.45) is 0. The number of benzene rings is 1. The Morgan fingerprint density at radius 3 is 2.73 bits per heavy atom. The van der Waals surface area contributed by atoms with Crippen molar-refractivity contribution in [2.24, 2.45) is 10.9 Å². The van der Waals surface area contributed by atoms with Crippen LogP contribution in [0.1, 0.15) is 10.4 Å². The van der Waals surface area contributed by atoms with E-state index < -0.39 is 0 Å². The van der Waals surface area contributed by atoms with Crippen molar-refractivity contribution in [2.75, 3.05) is 13.7 Å². The van der Waals surface area contributed by atoms with E-state index >= 15 is 0 Å². The van der Waals surface area contributed by atoms with Crippen LogP contribution in [0.5, 0.6) is 0 Å². The van der Waals surface area contributed by atoms with Gasteiger partial charge in [-0.1, -0.05) is 22.8 Å². The van der Waals surface area contributed by atoms with Gasteiger partial charge in [-0.3, -0.25) is 4.79 Å². The van der Waals surface area contributed by atoms with Gasteiger partial charge in [0.1, 0.15) is 0 Å². The number of carbonyl (C=O) groups is 1. The molecule has 0 bridgehead atoms. The molecule has 1 aromatic heterocycles. The summed E-state index contributed by atoms with van der Waals surface area (Å²) in [6, 6.07) is 10.8. The molecule has 0 aliphatic heterocycles. The number of amides is 1. The zero-order valence-corrected chi connectivity index (χ0v) is 13.6. The predicted octanol–water partition coefficient (Wildman–Crippen LogP) is 2.70. The largest absolute Gasteiger partial charge is 0.384 e. The zero-order valence-electron chi connectivity index (χ0n) is 12.0. The first-order valence-electron chi connectivity index (χ1n) is 6.54. The second-order valence-corrected chi connectivity index (χ2v) is 6.05. The van der Waals surface area contributed by atoms with Crippen LogP contribution in [0.15, 0.2) is 46.9 Å². The summed E-state index contributed by atoms with van der Waals surface area (Å²) in [5.74, 6) is 0.0337. The minimum atomic E-state index is -0.166. The monoisotopic (exact) mass is 337 g/mol. The van der Waals surface area contributed by atoms with E-state index in [1.165, 1.54) is 0 Å². The molecule has 2 aromatic rings. The third-order valence-electron chi connectivity index (χ3n) is 2.89. The molecule has 2 rings (SSSR count). The molecule has 0 unspecified atom stereocenters. The third-order valence-corrected chi connectivity index (χ3v) is 4.00. The normalized spacial score (nSPS) is 11.3. The molecule has 0 spiro atoms. The summed E-state index contributed by atoms with van der Waals surface area (Å²) >= 11 is 7.40. The lowest BCUT2D eigenvalue weighted by atomic mass is 10.2. The number of halogens is 1. The number of oxime groups is 1. The summed E-state index contributed by atoms with van der Waals surface area (Å²) in [5, 5.41) is 6.34. The van der Waals surface area contributed by atoms with Gasteiger partial charge in [-0.05, 0) is 35.7 Å². The van der Waals surface area contributed by atoms with Gasteiger partial charge in [0, 0.05) is 22.5 Å². The van der Waals surface area contributed by atoms with Crippen LogP contribution in [0.4, 0.5) is 0 Å². The van der Waals surface area contributed by atoms with Gasteiger partial charge in [-0.25, -0.2) is 0 Å². The minimum absolute atomic E-state index is 0.157. The van der Waals surface area contributed by atoms with E-state index in [1.807, 2.05) is 17.5 Å². The van der Waals surface area contributed by atoms with E-state index in [4.69, 9.17) is 22.2 Å². The molecular formula is C15H16ClN3O2S. The molecule has 0 saturated heterocycles. The first-order chi connectivity index (χ1) is 10.6. The standard InChI is InChI=1S/C15H16ClN3O2S/c1-19(9-13-3-2-8-22-13)14(20)10-21-18-15(17)11-4-6-12(16)7-5-11/h2-8H,9-10H2,1H3,(H2,17,18). The van der Waals surface area contributed by atoms with E-state index in [9.17, 15) is 4.79 Å². The molecule has 1 aromatic carbocycles. The molecule has 0 fully saturated rings. The Bertz CT molecular complexity index is 641. The minimum Gasteiger partial charge on any atom is -0.384 e. The van der Waals surface area contributed by atoms with Crippen LogP contribution in [0.2, 0.25) is 5.02 Å². The lowest BCUT2D eigenvalue weighted by Gasteiger charge is -2.15. The number of hydrogen-bond acceptors (Lipinski definition) is 4. The molecule has 7 heteroatoms. The van der Waals surface area contributed by atoms with Crippen LogP contribution in [-0.2, 0) is 16.2 Å². The number of nitrogens with zero attached hydrogens (tertiary/aromatic N) is 2. The van der Waals surface area contributed by atoms with Gasteiger partial charge in [-0.2, -0.15) is 0 Å². The zero-order chi connectivity index (χ0) is 15.9. The highest BCUT2D eigenvalue weighted by molar-refractivity contribution is 7.09. The number of carbonyl (C=O) groups excluding carboxylic acids is 1. The Morgan fingerprint density at radius 1 is 1.36 bits per heavy atom. The van der Waals surface area contributed by atoms with E-state index in [0.717, 1.165) is 4.88 Å². The van der Waals surface area contributed by atoms with Crippen LogP contribution in [0.25, 0.3) is 0 Å². The van der Waals surface area contributed by atoms with E-state index in [2.05, 4.69) is 5.16 Å². The number of rotatable bonds is 6. The van der Waals surface area contributed by atoms with E-state index in [-0.39, 0.29) is 18.3 Å². The second kappa shape index (κ2) is 7.82. The summed E-state index contributed by atoms with van der Waals surface area (Å²) in [5.41, 5.74) is 6.46. The molecule has 0 saturated carbocycles. The van der Waals surface area contributed by atoms with E-state index in [1.54, 1.807) is 47.5 Å². The van der Waals surface area contributed by atoms with Crippen molar-refractivity contribution in [3.05, 3.63) is 57.2 Å². The highest BCUT2D eigenvalue weighted by Gasteiger charge is 2.10. The Labute approximate surface area is 137 Å². The van der Waals surface area contributed by atoms with Crippen molar-refractivity contribution in [3.8, 4) is 0 Å². The maximum Gasteiger partial charge on any atom is 0.263 e. The highest BCUT2D eigenvalue weighted by Crippen LogP contribution is 2.11.